The van der Waals surface area contributed by atoms with Crippen LogP contribution in [0.4, 0.5) is 0 Å². The quantitative estimate of drug-likeness (QED) is 0.543. The summed E-state index contributed by atoms with van der Waals surface area (Å²) in [5.41, 5.74) is 3.71. The Morgan fingerprint density at radius 2 is 1.79 bits per heavy atom. The van der Waals surface area contributed by atoms with Crippen LogP contribution in [-0.4, -0.2) is 46.2 Å². The molecule has 2 heterocycles. The van der Waals surface area contributed by atoms with Gasteiger partial charge in [-0.05, 0) is 30.5 Å². The van der Waals surface area contributed by atoms with Crippen LogP contribution in [0, 0.1) is 12.8 Å². The van der Waals surface area contributed by atoms with Crippen LogP contribution in [-0.2, 0) is 22.7 Å². The molecule has 0 spiro atoms. The van der Waals surface area contributed by atoms with Crippen molar-refractivity contribution < 1.29 is 14.3 Å². The number of para-hydroxylation sites is 1. The number of aromatic nitrogens is 1. The molecule has 0 aliphatic carbocycles. The number of hydrogen-bond donors (Lipinski definition) is 0. The van der Waals surface area contributed by atoms with Gasteiger partial charge in [0.1, 0.15) is 12.4 Å². The molecule has 6 nitrogen and oxygen atoms in total. The summed E-state index contributed by atoms with van der Waals surface area (Å²) < 4.78 is 6.28. The highest BCUT2D eigenvalue weighted by atomic mass is 16.5. The van der Waals surface area contributed by atoms with Crippen LogP contribution in [0.3, 0.4) is 0 Å². The summed E-state index contributed by atoms with van der Waals surface area (Å²) in [5, 5.41) is 0.963. The smallest absolute Gasteiger partial charge is 0.242 e. The van der Waals surface area contributed by atoms with Crippen LogP contribution in [0.15, 0.2) is 54.6 Å². The summed E-state index contributed by atoms with van der Waals surface area (Å²) in [6, 6.07) is 18.0. The van der Waals surface area contributed by atoms with Crippen molar-refractivity contribution in [2.75, 3.05) is 19.6 Å². The molecule has 4 rings (SSSR count). The van der Waals surface area contributed by atoms with Gasteiger partial charge in [0.25, 0.3) is 0 Å². The van der Waals surface area contributed by atoms with E-state index in [4.69, 9.17) is 9.72 Å². The molecule has 0 N–H and O–H groups in total. The van der Waals surface area contributed by atoms with Gasteiger partial charge in [0.15, 0.2) is 0 Å². The lowest BCUT2D eigenvalue weighted by Crippen LogP contribution is -2.52. The molecule has 2 aromatic carbocycles. The summed E-state index contributed by atoms with van der Waals surface area (Å²) in [7, 11) is 0. The van der Waals surface area contributed by atoms with E-state index in [1.54, 1.807) is 9.80 Å². The van der Waals surface area contributed by atoms with E-state index in [2.05, 4.69) is 0 Å². The number of benzene rings is 2. The SMILES string of the molecule is Cc1c(CN2CCN(C(=O)CC(C)C)CC2=O)nc2ccccc2c1OCc1ccccc1. The van der Waals surface area contributed by atoms with Gasteiger partial charge in [0.2, 0.25) is 11.8 Å². The molecule has 33 heavy (non-hydrogen) atoms. The molecule has 0 atom stereocenters. The van der Waals surface area contributed by atoms with Crippen LogP contribution in [0.1, 0.15) is 37.1 Å². The normalized spacial score (nSPS) is 14.2. The lowest BCUT2D eigenvalue weighted by Gasteiger charge is -2.35. The lowest BCUT2D eigenvalue weighted by atomic mass is 10.1. The Balaban J connectivity index is 1.54. The minimum Gasteiger partial charge on any atom is -0.488 e. The summed E-state index contributed by atoms with van der Waals surface area (Å²) in [6.45, 7) is 8.10. The fraction of sp³-hybridized carbons (Fsp3) is 0.370. The van der Waals surface area contributed by atoms with Gasteiger partial charge in [0, 0.05) is 30.5 Å². The van der Waals surface area contributed by atoms with Crippen molar-refractivity contribution in [3.63, 3.8) is 0 Å². The number of hydrogen-bond acceptors (Lipinski definition) is 4. The first-order chi connectivity index (χ1) is 15.9. The molecule has 1 saturated heterocycles. The first kappa shape index (κ1) is 22.8. The Hall–Kier alpha value is -3.41. The summed E-state index contributed by atoms with van der Waals surface area (Å²) in [5.74, 6) is 1.09. The number of pyridine rings is 1. The van der Waals surface area contributed by atoms with Gasteiger partial charge in [-0.3, -0.25) is 14.6 Å². The summed E-state index contributed by atoms with van der Waals surface area (Å²) >= 11 is 0. The zero-order valence-corrected chi connectivity index (χ0v) is 19.6. The minimum absolute atomic E-state index is 0.0422. The van der Waals surface area contributed by atoms with Crippen molar-refractivity contribution in [2.45, 2.75) is 40.3 Å². The Kier molecular flexibility index (Phi) is 6.92. The van der Waals surface area contributed by atoms with Crippen molar-refractivity contribution in [3.05, 3.63) is 71.4 Å². The van der Waals surface area contributed by atoms with Crippen LogP contribution < -0.4 is 4.74 Å². The van der Waals surface area contributed by atoms with Gasteiger partial charge in [-0.1, -0.05) is 56.3 Å². The summed E-state index contributed by atoms with van der Waals surface area (Å²) in [6.07, 6.45) is 0.473. The molecule has 0 saturated carbocycles. The molecule has 6 heteroatoms. The molecule has 1 aliphatic rings. The number of fused-ring (bicyclic) bond motifs is 1. The average Bonchev–Trinajstić information content (AvgIpc) is 2.80. The van der Waals surface area contributed by atoms with E-state index in [-0.39, 0.29) is 24.3 Å². The number of rotatable bonds is 7. The number of amides is 2. The van der Waals surface area contributed by atoms with Crippen molar-refractivity contribution in [1.29, 1.82) is 0 Å². The fourth-order valence-corrected chi connectivity index (χ4v) is 4.14. The highest BCUT2D eigenvalue weighted by Gasteiger charge is 2.28. The third-order valence-corrected chi connectivity index (χ3v) is 6.00. The Labute approximate surface area is 195 Å². The maximum absolute atomic E-state index is 12.8. The first-order valence-corrected chi connectivity index (χ1v) is 11.5. The standard InChI is InChI=1S/C27H31N3O3/c1-19(2)15-25(31)30-14-13-29(26(32)17-30)16-24-20(3)27(22-11-7-8-12-23(22)28-24)33-18-21-9-5-4-6-10-21/h4-12,19H,13-18H2,1-3H3. The second-order valence-corrected chi connectivity index (χ2v) is 9.03. The zero-order chi connectivity index (χ0) is 23.4. The number of carbonyl (C=O) groups excluding carboxylic acids is 2. The van der Waals surface area contributed by atoms with E-state index >= 15 is 0 Å². The van der Waals surface area contributed by atoms with Crippen molar-refractivity contribution in [1.82, 2.24) is 14.8 Å². The predicted molar refractivity (Wildman–Crippen MR) is 129 cm³/mol. The molecular formula is C27H31N3O3. The molecule has 3 aromatic rings. The minimum atomic E-state index is -0.0422. The van der Waals surface area contributed by atoms with Crippen LogP contribution in [0.5, 0.6) is 5.75 Å². The maximum Gasteiger partial charge on any atom is 0.242 e. The predicted octanol–water partition coefficient (Wildman–Crippen LogP) is 4.34. The second kappa shape index (κ2) is 10.0. The fourth-order valence-electron chi connectivity index (χ4n) is 4.14. The first-order valence-electron chi connectivity index (χ1n) is 11.5. The molecular weight excluding hydrogens is 414 g/mol. The summed E-state index contributed by atoms with van der Waals surface area (Å²) in [4.78, 5) is 33.6. The van der Waals surface area contributed by atoms with Crippen LogP contribution in [0.2, 0.25) is 0 Å². The second-order valence-electron chi connectivity index (χ2n) is 9.03. The zero-order valence-electron chi connectivity index (χ0n) is 19.6. The van der Waals surface area contributed by atoms with Gasteiger partial charge >= 0.3 is 0 Å². The van der Waals surface area contributed by atoms with E-state index in [0.29, 0.717) is 32.7 Å². The van der Waals surface area contributed by atoms with Gasteiger partial charge in [0.05, 0.1) is 24.3 Å². The number of ether oxygens (including phenoxy) is 1. The van der Waals surface area contributed by atoms with Gasteiger partial charge in [-0.2, -0.15) is 0 Å². The Bertz CT molecular complexity index is 1140. The topological polar surface area (TPSA) is 62.7 Å². The monoisotopic (exact) mass is 445 g/mol. The van der Waals surface area contributed by atoms with Crippen molar-refractivity contribution >= 4 is 22.7 Å². The number of piperazine rings is 1. The lowest BCUT2D eigenvalue weighted by molar-refractivity contribution is -0.146. The van der Waals surface area contributed by atoms with Crippen molar-refractivity contribution in [3.8, 4) is 5.75 Å². The third kappa shape index (κ3) is 5.33. The van der Waals surface area contributed by atoms with E-state index < -0.39 is 0 Å². The molecule has 2 amide bonds. The highest BCUT2D eigenvalue weighted by Crippen LogP contribution is 2.32. The molecule has 1 aliphatic heterocycles. The number of carbonyl (C=O) groups is 2. The van der Waals surface area contributed by atoms with Crippen molar-refractivity contribution in [2.24, 2.45) is 5.92 Å². The van der Waals surface area contributed by atoms with Gasteiger partial charge in [-0.25, -0.2) is 0 Å². The van der Waals surface area contributed by atoms with Gasteiger partial charge < -0.3 is 14.5 Å². The van der Waals surface area contributed by atoms with E-state index in [0.717, 1.165) is 33.5 Å². The van der Waals surface area contributed by atoms with E-state index in [1.807, 2.05) is 75.4 Å². The largest absolute Gasteiger partial charge is 0.488 e. The molecule has 1 aromatic heterocycles. The molecule has 0 bridgehead atoms. The van der Waals surface area contributed by atoms with Gasteiger partial charge in [-0.15, -0.1) is 0 Å². The highest BCUT2D eigenvalue weighted by molar-refractivity contribution is 5.88. The molecule has 172 valence electrons. The molecule has 0 unspecified atom stereocenters. The van der Waals surface area contributed by atoms with Crippen LogP contribution >= 0.6 is 0 Å². The Morgan fingerprint density at radius 1 is 1.06 bits per heavy atom. The molecule has 1 fully saturated rings. The van der Waals surface area contributed by atoms with Crippen LogP contribution in [0.25, 0.3) is 10.9 Å². The maximum atomic E-state index is 12.8. The Morgan fingerprint density at radius 3 is 2.52 bits per heavy atom. The number of nitrogens with zero attached hydrogens (tertiary/aromatic N) is 3. The molecule has 0 radical (unpaired) electrons. The van der Waals surface area contributed by atoms with E-state index in [1.165, 1.54) is 0 Å². The van der Waals surface area contributed by atoms with E-state index in [9.17, 15) is 9.59 Å². The average molecular weight is 446 g/mol. The third-order valence-electron chi connectivity index (χ3n) is 6.00.